The highest BCUT2D eigenvalue weighted by Crippen LogP contribution is 2.34. The molecule has 0 heterocycles. The molecule has 0 aliphatic carbocycles. The Hall–Kier alpha value is -0.250. The van der Waals surface area contributed by atoms with Gasteiger partial charge in [-0.1, -0.05) is 13.8 Å². The van der Waals surface area contributed by atoms with Crippen LogP contribution in [-0.4, -0.2) is 16.9 Å². The topological polar surface area (TPSA) is 20.2 Å². The maximum absolute atomic E-state index is 11.9. The Morgan fingerprint density at radius 3 is 1.73 bits per heavy atom. The van der Waals surface area contributed by atoms with Gasteiger partial charge in [0.25, 0.3) is 0 Å². The van der Waals surface area contributed by atoms with Crippen LogP contribution >= 0.6 is 0 Å². The lowest BCUT2D eigenvalue weighted by molar-refractivity contribution is -0.257. The van der Waals surface area contributed by atoms with Crippen LogP contribution in [0, 0.1) is 5.92 Å². The molecular weight excluding hydrogens is 157 g/mol. The third-order valence-corrected chi connectivity index (χ3v) is 1.42. The zero-order valence-corrected chi connectivity index (χ0v) is 6.87. The molecule has 0 spiro atoms. The number of halogens is 3. The molecule has 0 aliphatic heterocycles. The minimum absolute atomic E-state index is 0.161. The van der Waals surface area contributed by atoms with E-state index in [0.29, 0.717) is 0 Å². The van der Waals surface area contributed by atoms with Crippen molar-refractivity contribution in [3.63, 3.8) is 0 Å². The molecule has 0 aliphatic rings. The Morgan fingerprint density at radius 2 is 1.64 bits per heavy atom. The van der Waals surface area contributed by atoms with Crippen molar-refractivity contribution in [3.05, 3.63) is 0 Å². The van der Waals surface area contributed by atoms with Crippen LogP contribution in [0.1, 0.15) is 27.2 Å². The lowest BCUT2D eigenvalue weighted by atomic mass is 9.94. The van der Waals surface area contributed by atoms with E-state index in [0.717, 1.165) is 6.92 Å². The summed E-state index contributed by atoms with van der Waals surface area (Å²) in [6, 6.07) is 0. The van der Waals surface area contributed by atoms with E-state index in [1.54, 1.807) is 13.8 Å². The Labute approximate surface area is 64.2 Å². The summed E-state index contributed by atoms with van der Waals surface area (Å²) in [4.78, 5) is 0. The Bertz CT molecular complexity index is 126. The average Bonchev–Trinajstić information content (AvgIpc) is 1.56. The molecule has 68 valence electrons. The normalized spacial score (nSPS) is 18.5. The fourth-order valence-electron chi connectivity index (χ4n) is 0.911. The first-order chi connectivity index (χ1) is 4.67. The summed E-state index contributed by atoms with van der Waals surface area (Å²) in [5.74, 6) is -0.161. The second-order valence-electron chi connectivity index (χ2n) is 3.37. The van der Waals surface area contributed by atoms with Gasteiger partial charge in [-0.3, -0.25) is 0 Å². The molecule has 11 heavy (non-hydrogen) atoms. The maximum atomic E-state index is 11.9. The smallest absolute Gasteiger partial charge is 0.381 e. The highest BCUT2D eigenvalue weighted by molar-refractivity contribution is 4.82. The van der Waals surface area contributed by atoms with E-state index < -0.39 is 11.8 Å². The van der Waals surface area contributed by atoms with Crippen molar-refractivity contribution < 1.29 is 18.3 Å². The van der Waals surface area contributed by atoms with E-state index in [2.05, 4.69) is 0 Å². The lowest BCUT2D eigenvalue weighted by Gasteiger charge is -2.27. The summed E-state index contributed by atoms with van der Waals surface area (Å²) in [5.41, 5.74) is -2.54. The van der Waals surface area contributed by atoms with Gasteiger partial charge in [0.2, 0.25) is 0 Å². The van der Waals surface area contributed by atoms with E-state index in [1.807, 2.05) is 0 Å². The highest BCUT2D eigenvalue weighted by atomic mass is 19.4. The van der Waals surface area contributed by atoms with Gasteiger partial charge < -0.3 is 5.11 Å². The van der Waals surface area contributed by atoms with Crippen LogP contribution < -0.4 is 0 Å². The molecular formula is C7H13F3O. The Kier molecular flexibility index (Phi) is 2.94. The van der Waals surface area contributed by atoms with Crippen molar-refractivity contribution in [2.45, 2.75) is 39.0 Å². The molecule has 1 nitrogen and oxygen atoms in total. The van der Waals surface area contributed by atoms with E-state index in [9.17, 15) is 13.2 Å². The molecule has 1 N–H and O–H groups in total. The molecule has 0 aromatic heterocycles. The van der Waals surface area contributed by atoms with Crippen LogP contribution in [0.3, 0.4) is 0 Å². The summed E-state index contributed by atoms with van der Waals surface area (Å²) in [6.45, 7) is 4.08. The molecule has 0 rings (SSSR count). The summed E-state index contributed by atoms with van der Waals surface area (Å²) >= 11 is 0. The van der Waals surface area contributed by atoms with Crippen LogP contribution in [0.5, 0.6) is 0 Å². The molecule has 0 fully saturated rings. The molecule has 0 amide bonds. The van der Waals surface area contributed by atoms with Gasteiger partial charge in [0, 0.05) is 0 Å². The van der Waals surface area contributed by atoms with Crippen molar-refractivity contribution in [1.29, 1.82) is 0 Å². The van der Waals surface area contributed by atoms with Gasteiger partial charge in [0.1, 0.15) is 0 Å². The van der Waals surface area contributed by atoms with Gasteiger partial charge in [-0.05, 0) is 19.3 Å². The SMILES string of the molecule is CC(C)C[C@@](C)(O)C(F)(F)F. The van der Waals surface area contributed by atoms with Gasteiger partial charge in [0.15, 0.2) is 5.60 Å². The summed E-state index contributed by atoms with van der Waals surface area (Å²) < 4.78 is 35.8. The largest absolute Gasteiger partial charge is 0.416 e. The number of rotatable bonds is 2. The quantitative estimate of drug-likeness (QED) is 0.674. The Balaban J connectivity index is 4.22. The van der Waals surface area contributed by atoms with Crippen molar-refractivity contribution >= 4 is 0 Å². The first-order valence-electron chi connectivity index (χ1n) is 3.46. The van der Waals surface area contributed by atoms with E-state index >= 15 is 0 Å². The van der Waals surface area contributed by atoms with Crippen LogP contribution in [-0.2, 0) is 0 Å². The third kappa shape index (κ3) is 3.10. The Morgan fingerprint density at radius 1 is 1.27 bits per heavy atom. The van der Waals surface area contributed by atoms with E-state index in [4.69, 9.17) is 5.11 Å². The number of alkyl halides is 3. The molecule has 0 unspecified atom stereocenters. The number of aliphatic hydroxyl groups is 1. The average molecular weight is 170 g/mol. The minimum Gasteiger partial charge on any atom is -0.381 e. The van der Waals surface area contributed by atoms with Gasteiger partial charge in [-0.2, -0.15) is 13.2 Å². The van der Waals surface area contributed by atoms with E-state index in [1.165, 1.54) is 0 Å². The van der Waals surface area contributed by atoms with Crippen molar-refractivity contribution in [2.75, 3.05) is 0 Å². The van der Waals surface area contributed by atoms with Crippen LogP contribution in [0.25, 0.3) is 0 Å². The van der Waals surface area contributed by atoms with E-state index in [-0.39, 0.29) is 12.3 Å². The maximum Gasteiger partial charge on any atom is 0.416 e. The predicted molar refractivity (Wildman–Crippen MR) is 36.1 cm³/mol. The van der Waals surface area contributed by atoms with Gasteiger partial charge in [-0.15, -0.1) is 0 Å². The second-order valence-corrected chi connectivity index (χ2v) is 3.37. The summed E-state index contributed by atoms with van der Waals surface area (Å²) in [6.07, 6.45) is -4.77. The molecule has 0 bridgehead atoms. The summed E-state index contributed by atoms with van der Waals surface area (Å²) in [5, 5.41) is 8.90. The molecule has 0 saturated carbocycles. The molecule has 1 atom stereocenters. The van der Waals surface area contributed by atoms with Gasteiger partial charge in [0.05, 0.1) is 0 Å². The predicted octanol–water partition coefficient (Wildman–Crippen LogP) is 2.35. The lowest BCUT2D eigenvalue weighted by Crippen LogP contribution is -2.43. The zero-order valence-electron chi connectivity index (χ0n) is 6.87. The second kappa shape index (κ2) is 3.01. The third-order valence-electron chi connectivity index (χ3n) is 1.42. The first kappa shape index (κ1) is 10.8. The fraction of sp³-hybridized carbons (Fsp3) is 1.00. The van der Waals surface area contributed by atoms with Crippen LogP contribution in [0.15, 0.2) is 0 Å². The summed E-state index contributed by atoms with van der Waals surface area (Å²) in [7, 11) is 0. The van der Waals surface area contributed by atoms with Gasteiger partial charge in [-0.25, -0.2) is 0 Å². The molecule has 0 saturated heterocycles. The molecule has 0 aromatic rings. The zero-order chi connectivity index (χ0) is 9.28. The molecule has 4 heteroatoms. The molecule has 0 aromatic carbocycles. The molecule has 0 radical (unpaired) electrons. The van der Waals surface area contributed by atoms with Crippen molar-refractivity contribution in [2.24, 2.45) is 5.92 Å². The van der Waals surface area contributed by atoms with Crippen LogP contribution in [0.4, 0.5) is 13.2 Å². The standard InChI is InChI=1S/C7H13F3O/c1-5(2)4-6(3,11)7(8,9)10/h5,11H,4H2,1-3H3/t6-/m1/s1. The minimum atomic E-state index is -4.52. The fourth-order valence-corrected chi connectivity index (χ4v) is 0.911. The van der Waals surface area contributed by atoms with Crippen molar-refractivity contribution in [1.82, 2.24) is 0 Å². The first-order valence-corrected chi connectivity index (χ1v) is 3.46. The highest BCUT2D eigenvalue weighted by Gasteiger charge is 2.49. The number of hydrogen-bond acceptors (Lipinski definition) is 1. The van der Waals surface area contributed by atoms with Crippen LogP contribution in [0.2, 0.25) is 0 Å². The monoisotopic (exact) mass is 170 g/mol. The van der Waals surface area contributed by atoms with Crippen molar-refractivity contribution in [3.8, 4) is 0 Å². The van der Waals surface area contributed by atoms with Gasteiger partial charge >= 0.3 is 6.18 Å². The number of hydrogen-bond donors (Lipinski definition) is 1.